The van der Waals surface area contributed by atoms with Crippen LogP contribution in [0, 0.1) is 0 Å². The van der Waals surface area contributed by atoms with Gasteiger partial charge in [0.2, 0.25) is 0 Å². The molecule has 0 saturated heterocycles. The highest BCUT2D eigenvalue weighted by atomic mass is 79.9. The Kier molecular flexibility index (Phi) is 6.62. The minimum Gasteiger partial charge on any atom is -0.495 e. The number of halogens is 1. The minimum absolute atomic E-state index is 0.0622. The molecule has 1 rings (SSSR count). The van der Waals surface area contributed by atoms with E-state index in [0.29, 0.717) is 0 Å². The fourth-order valence-corrected chi connectivity index (χ4v) is 2.93. The summed E-state index contributed by atoms with van der Waals surface area (Å²) in [5, 5.41) is 3.29. The molecule has 0 amide bonds. The number of likely N-dealkylation sites (N-methyl/N-ethyl adjacent to an activating group) is 1. The molecule has 19 heavy (non-hydrogen) atoms. The average molecular weight is 332 g/mol. The van der Waals surface area contributed by atoms with Gasteiger partial charge >= 0.3 is 0 Å². The topological polar surface area (TPSA) is 39.7 Å². The molecule has 2 atom stereocenters. The molecule has 0 aliphatic heterocycles. The van der Waals surface area contributed by atoms with Crippen LogP contribution in [-0.2, 0) is 4.74 Å². The van der Waals surface area contributed by atoms with Gasteiger partial charge in [0, 0.05) is 12.7 Å². The maximum Gasteiger partial charge on any atom is 0.141 e. The van der Waals surface area contributed by atoms with E-state index in [4.69, 9.17) is 14.2 Å². The van der Waals surface area contributed by atoms with Gasteiger partial charge < -0.3 is 19.5 Å². The highest BCUT2D eigenvalue weighted by molar-refractivity contribution is 9.10. The van der Waals surface area contributed by atoms with Crippen LogP contribution in [0.1, 0.15) is 24.9 Å². The van der Waals surface area contributed by atoms with Crippen molar-refractivity contribution in [2.24, 2.45) is 0 Å². The summed E-state index contributed by atoms with van der Waals surface area (Å²) < 4.78 is 17.2. The second-order valence-electron chi connectivity index (χ2n) is 4.15. The van der Waals surface area contributed by atoms with Crippen LogP contribution >= 0.6 is 15.9 Å². The zero-order valence-corrected chi connectivity index (χ0v) is 13.7. The highest BCUT2D eigenvalue weighted by Crippen LogP contribution is 2.40. The molecule has 0 spiro atoms. The van der Waals surface area contributed by atoms with Gasteiger partial charge in [-0.3, -0.25) is 0 Å². The molecule has 0 aliphatic rings. The SMILES string of the molecule is CCC(OC)C(NC)c1ccc(OC)c(Br)c1OC. The van der Waals surface area contributed by atoms with Crippen molar-refractivity contribution >= 4 is 15.9 Å². The van der Waals surface area contributed by atoms with Crippen LogP contribution in [-0.4, -0.2) is 34.5 Å². The first kappa shape index (κ1) is 16.3. The van der Waals surface area contributed by atoms with E-state index < -0.39 is 0 Å². The van der Waals surface area contributed by atoms with Gasteiger partial charge in [-0.15, -0.1) is 0 Å². The van der Waals surface area contributed by atoms with Crippen LogP contribution in [0.15, 0.2) is 16.6 Å². The molecule has 0 aromatic heterocycles. The Bertz CT molecular complexity index is 408. The van der Waals surface area contributed by atoms with Gasteiger partial charge in [-0.05, 0) is 41.5 Å². The van der Waals surface area contributed by atoms with Crippen molar-refractivity contribution in [3.63, 3.8) is 0 Å². The van der Waals surface area contributed by atoms with Crippen molar-refractivity contribution in [1.29, 1.82) is 0 Å². The molecule has 0 bridgehead atoms. The van der Waals surface area contributed by atoms with E-state index in [0.717, 1.165) is 28.0 Å². The zero-order chi connectivity index (χ0) is 14.4. The third-order valence-corrected chi connectivity index (χ3v) is 3.99. The molecule has 2 unspecified atom stereocenters. The molecule has 0 aliphatic carbocycles. The maximum atomic E-state index is 5.54. The van der Waals surface area contributed by atoms with Gasteiger partial charge in [0.1, 0.15) is 16.0 Å². The Morgan fingerprint density at radius 2 is 1.89 bits per heavy atom. The molecule has 1 N–H and O–H groups in total. The Labute approximate surface area is 123 Å². The summed E-state index contributed by atoms with van der Waals surface area (Å²) in [6.07, 6.45) is 0.994. The summed E-state index contributed by atoms with van der Waals surface area (Å²) in [5.74, 6) is 1.52. The predicted octanol–water partition coefficient (Wildman–Crippen LogP) is 3.15. The first-order valence-electron chi connectivity index (χ1n) is 6.24. The smallest absolute Gasteiger partial charge is 0.141 e. The fraction of sp³-hybridized carbons (Fsp3) is 0.571. The van der Waals surface area contributed by atoms with Crippen LogP contribution in [0.4, 0.5) is 0 Å². The van der Waals surface area contributed by atoms with Crippen molar-refractivity contribution in [2.45, 2.75) is 25.5 Å². The van der Waals surface area contributed by atoms with E-state index in [-0.39, 0.29) is 12.1 Å². The lowest BCUT2D eigenvalue weighted by Crippen LogP contribution is -2.30. The number of hydrogen-bond donors (Lipinski definition) is 1. The predicted molar refractivity (Wildman–Crippen MR) is 80.1 cm³/mol. The van der Waals surface area contributed by atoms with Gasteiger partial charge in [-0.2, -0.15) is 0 Å². The third kappa shape index (κ3) is 3.41. The number of ether oxygens (including phenoxy) is 3. The molecule has 4 nitrogen and oxygen atoms in total. The fourth-order valence-electron chi connectivity index (χ4n) is 2.24. The van der Waals surface area contributed by atoms with Crippen LogP contribution in [0.25, 0.3) is 0 Å². The molecule has 0 fully saturated rings. The van der Waals surface area contributed by atoms with Crippen molar-refractivity contribution in [1.82, 2.24) is 5.32 Å². The molecule has 1 aromatic carbocycles. The number of methoxy groups -OCH3 is 3. The number of hydrogen-bond acceptors (Lipinski definition) is 4. The lowest BCUT2D eigenvalue weighted by atomic mass is 9.98. The van der Waals surface area contributed by atoms with Crippen molar-refractivity contribution in [3.8, 4) is 11.5 Å². The normalized spacial score (nSPS) is 14.0. The van der Waals surface area contributed by atoms with Gasteiger partial charge in [-0.25, -0.2) is 0 Å². The lowest BCUT2D eigenvalue weighted by Gasteiger charge is -2.27. The van der Waals surface area contributed by atoms with Gasteiger partial charge in [0.05, 0.1) is 26.4 Å². The third-order valence-electron chi connectivity index (χ3n) is 3.24. The number of nitrogens with one attached hydrogen (secondary N) is 1. The van der Waals surface area contributed by atoms with Crippen LogP contribution in [0.2, 0.25) is 0 Å². The molecule has 108 valence electrons. The van der Waals surface area contributed by atoms with E-state index in [1.807, 2.05) is 19.2 Å². The van der Waals surface area contributed by atoms with Crippen molar-refractivity contribution in [2.75, 3.05) is 28.4 Å². The van der Waals surface area contributed by atoms with Crippen LogP contribution in [0.5, 0.6) is 11.5 Å². The Morgan fingerprint density at radius 3 is 2.32 bits per heavy atom. The number of benzene rings is 1. The standard InChI is InChI=1S/C14H22BrNO3/c1-6-10(17-3)13(16-2)9-7-8-11(18-4)12(15)14(9)19-5/h7-8,10,13,16H,6H2,1-5H3. The molecular weight excluding hydrogens is 310 g/mol. The summed E-state index contributed by atoms with van der Waals surface area (Å²) in [6, 6.07) is 3.99. The second kappa shape index (κ2) is 7.72. The molecule has 0 saturated carbocycles. The summed E-state index contributed by atoms with van der Waals surface area (Å²) in [6.45, 7) is 2.10. The average Bonchev–Trinajstić information content (AvgIpc) is 2.44. The van der Waals surface area contributed by atoms with Gasteiger partial charge in [0.15, 0.2) is 0 Å². The van der Waals surface area contributed by atoms with Gasteiger partial charge in [-0.1, -0.05) is 6.92 Å². The molecule has 1 aromatic rings. The first-order chi connectivity index (χ1) is 9.14. The molecule has 0 radical (unpaired) electrons. The van der Waals surface area contributed by atoms with Crippen LogP contribution < -0.4 is 14.8 Å². The monoisotopic (exact) mass is 331 g/mol. The molecular formula is C14H22BrNO3. The van der Waals surface area contributed by atoms with Gasteiger partial charge in [0.25, 0.3) is 0 Å². The Morgan fingerprint density at radius 1 is 1.21 bits per heavy atom. The van der Waals surface area contributed by atoms with Crippen LogP contribution in [0.3, 0.4) is 0 Å². The molecule has 5 heteroatoms. The van der Waals surface area contributed by atoms with E-state index in [1.165, 1.54) is 0 Å². The first-order valence-corrected chi connectivity index (χ1v) is 7.04. The largest absolute Gasteiger partial charge is 0.495 e. The quantitative estimate of drug-likeness (QED) is 0.833. The van der Waals surface area contributed by atoms with E-state index in [9.17, 15) is 0 Å². The zero-order valence-electron chi connectivity index (χ0n) is 12.1. The van der Waals surface area contributed by atoms with E-state index >= 15 is 0 Å². The Balaban J connectivity index is 3.27. The lowest BCUT2D eigenvalue weighted by molar-refractivity contribution is 0.0667. The summed E-state index contributed by atoms with van der Waals surface area (Å²) >= 11 is 3.52. The summed E-state index contributed by atoms with van der Waals surface area (Å²) in [5.41, 5.74) is 1.05. The van der Waals surface area contributed by atoms with E-state index in [1.54, 1.807) is 21.3 Å². The van der Waals surface area contributed by atoms with Crippen molar-refractivity contribution < 1.29 is 14.2 Å². The van der Waals surface area contributed by atoms with Crippen molar-refractivity contribution in [3.05, 3.63) is 22.2 Å². The highest BCUT2D eigenvalue weighted by Gasteiger charge is 2.25. The minimum atomic E-state index is 0.0622. The number of rotatable bonds is 7. The second-order valence-corrected chi connectivity index (χ2v) is 4.95. The molecule has 0 heterocycles. The summed E-state index contributed by atoms with van der Waals surface area (Å²) in [7, 11) is 6.94. The Hall–Kier alpha value is -0.780. The summed E-state index contributed by atoms with van der Waals surface area (Å²) in [4.78, 5) is 0. The maximum absolute atomic E-state index is 5.54. The van der Waals surface area contributed by atoms with E-state index in [2.05, 4.69) is 28.2 Å².